The average molecular weight is 345 g/mol. The molecule has 0 spiro atoms. The van der Waals surface area contributed by atoms with Gasteiger partial charge >= 0.3 is 0 Å². The molecule has 0 radical (unpaired) electrons. The van der Waals surface area contributed by atoms with Crippen LogP contribution in [0.4, 0.5) is 4.39 Å². The Labute approximate surface area is 142 Å². The van der Waals surface area contributed by atoms with Crippen LogP contribution < -0.4 is 10.1 Å². The molecule has 2 aromatic rings. The highest BCUT2D eigenvalue weighted by molar-refractivity contribution is 8.26. The quantitative estimate of drug-likeness (QED) is 0.674. The molecule has 3 rings (SSSR count). The normalized spacial score (nSPS) is 15.8. The zero-order valence-electron chi connectivity index (χ0n) is 11.9. The highest BCUT2D eigenvalue weighted by Gasteiger charge is 2.22. The molecule has 23 heavy (non-hydrogen) atoms. The summed E-state index contributed by atoms with van der Waals surface area (Å²) in [5.41, 5.74) is 1.51. The molecular formula is C17H12FNO2S2. The van der Waals surface area contributed by atoms with Crippen molar-refractivity contribution < 1.29 is 13.9 Å². The standard InChI is InChI=1S/C17H12FNO2S2/c18-13-6-7-14(21-10-11-4-2-1-3-5-11)12(8-13)9-15-16(20)19-17(22)23-15/h1-9H,10H2,(H,19,20,22)/b15-9-. The van der Waals surface area contributed by atoms with Gasteiger partial charge in [0.1, 0.15) is 22.5 Å². The molecule has 1 saturated heterocycles. The van der Waals surface area contributed by atoms with E-state index < -0.39 is 5.82 Å². The summed E-state index contributed by atoms with van der Waals surface area (Å²) in [7, 11) is 0. The number of hydrogen-bond donors (Lipinski definition) is 1. The number of thioether (sulfide) groups is 1. The molecular weight excluding hydrogens is 333 g/mol. The molecule has 6 heteroatoms. The van der Waals surface area contributed by atoms with Crippen molar-refractivity contribution in [2.75, 3.05) is 0 Å². The van der Waals surface area contributed by atoms with Crippen LogP contribution in [0.2, 0.25) is 0 Å². The van der Waals surface area contributed by atoms with Crippen LogP contribution in [0, 0.1) is 5.82 Å². The lowest BCUT2D eigenvalue weighted by molar-refractivity contribution is -0.115. The second-order valence-corrected chi connectivity index (χ2v) is 6.53. The maximum Gasteiger partial charge on any atom is 0.263 e. The molecule has 1 N–H and O–H groups in total. The summed E-state index contributed by atoms with van der Waals surface area (Å²) in [5, 5.41) is 2.53. The maximum atomic E-state index is 13.5. The first-order valence-electron chi connectivity index (χ1n) is 6.83. The van der Waals surface area contributed by atoms with Gasteiger partial charge in [0.25, 0.3) is 5.91 Å². The van der Waals surface area contributed by atoms with Gasteiger partial charge in [0.05, 0.1) is 4.91 Å². The zero-order chi connectivity index (χ0) is 16.2. The maximum absolute atomic E-state index is 13.5. The van der Waals surface area contributed by atoms with Crippen LogP contribution in [0.1, 0.15) is 11.1 Å². The summed E-state index contributed by atoms with van der Waals surface area (Å²) in [5.74, 6) is -0.165. The van der Waals surface area contributed by atoms with Gasteiger partial charge in [-0.3, -0.25) is 4.79 Å². The molecule has 0 saturated carbocycles. The molecule has 3 nitrogen and oxygen atoms in total. The van der Waals surface area contributed by atoms with Gasteiger partial charge in [0, 0.05) is 5.56 Å². The molecule has 0 unspecified atom stereocenters. The van der Waals surface area contributed by atoms with Gasteiger partial charge in [-0.25, -0.2) is 4.39 Å². The predicted octanol–water partition coefficient (Wildman–Crippen LogP) is 3.89. The number of carbonyl (C=O) groups is 1. The van der Waals surface area contributed by atoms with Crippen molar-refractivity contribution in [3.8, 4) is 5.75 Å². The van der Waals surface area contributed by atoms with Gasteiger partial charge in [-0.05, 0) is 29.8 Å². The van der Waals surface area contributed by atoms with Crippen LogP contribution in [-0.2, 0) is 11.4 Å². The zero-order valence-corrected chi connectivity index (χ0v) is 13.5. The van der Waals surface area contributed by atoms with Gasteiger partial charge in [-0.2, -0.15) is 0 Å². The van der Waals surface area contributed by atoms with E-state index in [0.29, 0.717) is 27.1 Å². The Balaban J connectivity index is 1.85. The largest absolute Gasteiger partial charge is 0.488 e. The summed E-state index contributed by atoms with van der Waals surface area (Å²) in [6.07, 6.45) is 1.59. The number of nitrogens with one attached hydrogen (secondary N) is 1. The van der Waals surface area contributed by atoms with Gasteiger partial charge < -0.3 is 10.1 Å². The molecule has 2 aromatic carbocycles. The van der Waals surface area contributed by atoms with Crippen molar-refractivity contribution in [2.45, 2.75) is 6.61 Å². The van der Waals surface area contributed by atoms with E-state index in [1.54, 1.807) is 12.1 Å². The van der Waals surface area contributed by atoms with E-state index in [-0.39, 0.29) is 5.91 Å². The number of benzene rings is 2. The molecule has 1 fully saturated rings. The van der Waals surface area contributed by atoms with Crippen LogP contribution in [0.3, 0.4) is 0 Å². The fourth-order valence-electron chi connectivity index (χ4n) is 2.06. The van der Waals surface area contributed by atoms with Gasteiger partial charge in [0.15, 0.2) is 0 Å². The second-order valence-electron chi connectivity index (χ2n) is 4.81. The minimum atomic E-state index is -0.394. The SMILES string of the molecule is O=C1NC(=S)S/C1=C\c1cc(F)ccc1OCc1ccccc1. The Bertz CT molecular complexity index is 790. The van der Waals surface area contributed by atoms with E-state index in [4.69, 9.17) is 17.0 Å². The first-order chi connectivity index (χ1) is 11.1. The molecule has 0 aromatic heterocycles. The molecule has 1 aliphatic heterocycles. The Kier molecular flexibility index (Phi) is 4.73. The molecule has 116 valence electrons. The van der Waals surface area contributed by atoms with Crippen molar-refractivity contribution in [3.05, 3.63) is 70.4 Å². The number of hydrogen-bond acceptors (Lipinski definition) is 4. The summed E-state index contributed by atoms with van der Waals surface area (Å²) < 4.78 is 19.7. The highest BCUT2D eigenvalue weighted by Crippen LogP contribution is 2.30. The fraction of sp³-hybridized carbons (Fsp3) is 0.0588. The Morgan fingerprint density at radius 2 is 2.00 bits per heavy atom. The van der Waals surface area contributed by atoms with Crippen LogP contribution in [0.5, 0.6) is 5.75 Å². The molecule has 0 atom stereocenters. The minimum Gasteiger partial charge on any atom is -0.488 e. The van der Waals surface area contributed by atoms with E-state index in [0.717, 1.165) is 17.3 Å². The van der Waals surface area contributed by atoms with E-state index in [9.17, 15) is 9.18 Å². The number of carbonyl (C=O) groups excluding carboxylic acids is 1. The molecule has 1 aliphatic rings. The van der Waals surface area contributed by atoms with Gasteiger partial charge in [-0.1, -0.05) is 54.3 Å². The van der Waals surface area contributed by atoms with E-state index in [1.165, 1.54) is 12.1 Å². The van der Waals surface area contributed by atoms with Gasteiger partial charge in [0.2, 0.25) is 0 Å². The van der Waals surface area contributed by atoms with E-state index in [1.807, 2.05) is 30.3 Å². The smallest absolute Gasteiger partial charge is 0.263 e. The molecule has 0 bridgehead atoms. The van der Waals surface area contributed by atoms with Crippen molar-refractivity contribution in [2.24, 2.45) is 0 Å². The van der Waals surface area contributed by atoms with Crippen LogP contribution in [0.15, 0.2) is 53.4 Å². The summed E-state index contributed by atoms with van der Waals surface area (Å²) in [6.45, 7) is 0.362. The lowest BCUT2D eigenvalue weighted by Crippen LogP contribution is -2.17. The number of ether oxygens (including phenoxy) is 1. The van der Waals surface area contributed by atoms with Crippen LogP contribution in [0.25, 0.3) is 6.08 Å². The lowest BCUT2D eigenvalue weighted by atomic mass is 10.1. The predicted molar refractivity (Wildman–Crippen MR) is 93.5 cm³/mol. The molecule has 0 aliphatic carbocycles. The summed E-state index contributed by atoms with van der Waals surface area (Å²) in [6, 6.07) is 13.9. The fourth-order valence-corrected chi connectivity index (χ4v) is 3.10. The topological polar surface area (TPSA) is 38.3 Å². The van der Waals surface area contributed by atoms with Crippen molar-refractivity contribution >= 4 is 40.3 Å². The summed E-state index contributed by atoms with van der Waals surface area (Å²) >= 11 is 6.10. The first kappa shape index (κ1) is 15.7. The Hall–Kier alpha value is -2.18. The monoisotopic (exact) mass is 345 g/mol. The van der Waals surface area contributed by atoms with Crippen LogP contribution in [-0.4, -0.2) is 10.2 Å². The minimum absolute atomic E-state index is 0.279. The number of rotatable bonds is 4. The van der Waals surface area contributed by atoms with E-state index in [2.05, 4.69) is 5.32 Å². The summed E-state index contributed by atoms with van der Waals surface area (Å²) in [4.78, 5) is 12.2. The lowest BCUT2D eigenvalue weighted by Gasteiger charge is -2.10. The van der Waals surface area contributed by atoms with Crippen molar-refractivity contribution in [1.82, 2.24) is 5.32 Å². The third-order valence-electron chi connectivity index (χ3n) is 3.14. The van der Waals surface area contributed by atoms with Crippen LogP contribution >= 0.6 is 24.0 Å². The number of thiocarbonyl (C=S) groups is 1. The third-order valence-corrected chi connectivity index (χ3v) is 4.30. The third kappa shape index (κ3) is 3.97. The van der Waals surface area contributed by atoms with Gasteiger partial charge in [-0.15, -0.1) is 0 Å². The van der Waals surface area contributed by atoms with E-state index >= 15 is 0 Å². The van der Waals surface area contributed by atoms with Crippen molar-refractivity contribution in [1.29, 1.82) is 0 Å². The molecule has 1 amide bonds. The number of amides is 1. The first-order valence-corrected chi connectivity index (χ1v) is 8.05. The number of halogens is 1. The Morgan fingerprint density at radius 1 is 1.22 bits per heavy atom. The second kappa shape index (κ2) is 6.93. The molecule has 1 heterocycles. The highest BCUT2D eigenvalue weighted by atomic mass is 32.2. The van der Waals surface area contributed by atoms with Crippen molar-refractivity contribution in [3.63, 3.8) is 0 Å². The average Bonchev–Trinajstić information content (AvgIpc) is 2.85. The Morgan fingerprint density at radius 3 is 2.70 bits per heavy atom.